The third kappa shape index (κ3) is 4.32. The number of carbonyl (C=O) groups is 3. The highest BCUT2D eigenvalue weighted by molar-refractivity contribution is 7.89. The maximum absolute atomic E-state index is 14.4. The molecular weight excluding hydrogens is 455 g/mol. The summed E-state index contributed by atoms with van der Waals surface area (Å²) in [4.78, 5) is 35.9. The van der Waals surface area contributed by atoms with Gasteiger partial charge in [-0.2, -0.15) is 4.31 Å². The second-order valence-corrected chi connectivity index (χ2v) is 9.64. The number of nitrogens with one attached hydrogen (secondary N) is 3. The standard InChI is InChI=1S/C21H21FN4O6S/c1-21(19(28)24-20(29)25-21)14-3-2-4-15(12-14)23-18(27)13-5-6-16(22)17(11-13)33(30,31)26-7-9-32-10-8-26/h2-6,11-12H,7-10H2,1H3,(H,23,27)(H2,24,25,28,29). The van der Waals surface area contributed by atoms with Crippen LogP contribution in [-0.2, 0) is 25.1 Å². The summed E-state index contributed by atoms with van der Waals surface area (Å²) in [6.07, 6.45) is 0. The van der Waals surface area contributed by atoms with Crippen LogP contribution in [0.3, 0.4) is 0 Å². The molecule has 3 N–H and O–H groups in total. The van der Waals surface area contributed by atoms with Gasteiger partial charge in [0.15, 0.2) is 0 Å². The number of ether oxygens (including phenoxy) is 1. The van der Waals surface area contributed by atoms with Crippen molar-refractivity contribution in [2.45, 2.75) is 17.4 Å². The van der Waals surface area contributed by atoms with Crippen molar-refractivity contribution < 1.29 is 31.9 Å². The van der Waals surface area contributed by atoms with E-state index >= 15 is 0 Å². The van der Waals surface area contributed by atoms with Gasteiger partial charge in [-0.3, -0.25) is 14.9 Å². The van der Waals surface area contributed by atoms with Crippen LogP contribution in [-0.4, -0.2) is 56.9 Å². The summed E-state index contributed by atoms with van der Waals surface area (Å²) in [6, 6.07) is 8.75. The number of amides is 4. The molecule has 4 amide bonds. The summed E-state index contributed by atoms with van der Waals surface area (Å²) in [5.74, 6) is -2.17. The Labute approximate surface area is 189 Å². The molecule has 174 valence electrons. The van der Waals surface area contributed by atoms with Crippen LogP contribution >= 0.6 is 0 Å². The minimum atomic E-state index is -4.15. The summed E-state index contributed by atoms with van der Waals surface area (Å²) >= 11 is 0. The van der Waals surface area contributed by atoms with E-state index in [1.165, 1.54) is 19.1 Å². The van der Waals surface area contributed by atoms with Gasteiger partial charge in [-0.1, -0.05) is 12.1 Å². The summed E-state index contributed by atoms with van der Waals surface area (Å²) in [7, 11) is -4.15. The molecule has 2 aromatic rings. The van der Waals surface area contributed by atoms with Gasteiger partial charge in [-0.25, -0.2) is 17.6 Å². The Morgan fingerprint density at radius 3 is 2.55 bits per heavy atom. The van der Waals surface area contributed by atoms with Gasteiger partial charge in [-0.15, -0.1) is 0 Å². The predicted octanol–water partition coefficient (Wildman–Crippen LogP) is 1.15. The van der Waals surface area contributed by atoms with Crippen LogP contribution < -0.4 is 16.0 Å². The van der Waals surface area contributed by atoms with E-state index in [9.17, 15) is 27.2 Å². The lowest BCUT2D eigenvalue weighted by Crippen LogP contribution is -2.41. The first kappa shape index (κ1) is 22.8. The third-order valence-corrected chi connectivity index (χ3v) is 7.44. The van der Waals surface area contributed by atoms with Gasteiger partial charge in [-0.05, 0) is 42.8 Å². The molecule has 2 aliphatic heterocycles. The van der Waals surface area contributed by atoms with E-state index in [-0.39, 0.29) is 31.9 Å². The van der Waals surface area contributed by atoms with Crippen LogP contribution in [0, 0.1) is 5.82 Å². The van der Waals surface area contributed by atoms with Gasteiger partial charge < -0.3 is 15.4 Å². The number of nitrogens with zero attached hydrogens (tertiary/aromatic N) is 1. The summed E-state index contributed by atoms with van der Waals surface area (Å²) in [5, 5.41) is 7.31. The molecule has 33 heavy (non-hydrogen) atoms. The van der Waals surface area contributed by atoms with Crippen molar-refractivity contribution in [1.82, 2.24) is 14.9 Å². The number of sulfonamides is 1. The minimum absolute atomic E-state index is 0.0632. The minimum Gasteiger partial charge on any atom is -0.379 e. The molecule has 0 radical (unpaired) electrons. The lowest BCUT2D eigenvalue weighted by Gasteiger charge is -2.26. The smallest absolute Gasteiger partial charge is 0.322 e. The van der Waals surface area contributed by atoms with E-state index in [0.717, 1.165) is 16.4 Å². The maximum Gasteiger partial charge on any atom is 0.322 e. The monoisotopic (exact) mass is 476 g/mol. The van der Waals surface area contributed by atoms with Crippen molar-refractivity contribution in [1.29, 1.82) is 0 Å². The second-order valence-electron chi connectivity index (χ2n) is 7.73. The number of rotatable bonds is 5. The number of morpholine rings is 1. The SMILES string of the molecule is CC1(c2cccc(NC(=O)c3ccc(F)c(S(=O)(=O)N4CCOCC4)c3)c2)NC(=O)NC1=O. The van der Waals surface area contributed by atoms with E-state index in [1.54, 1.807) is 18.2 Å². The Morgan fingerprint density at radius 2 is 1.88 bits per heavy atom. The van der Waals surface area contributed by atoms with Crippen molar-refractivity contribution in [2.75, 3.05) is 31.6 Å². The molecule has 1 unspecified atom stereocenters. The van der Waals surface area contributed by atoms with Crippen LogP contribution in [0.5, 0.6) is 0 Å². The number of imide groups is 1. The van der Waals surface area contributed by atoms with Crippen LogP contribution in [0.4, 0.5) is 14.9 Å². The molecule has 0 spiro atoms. The number of hydrogen-bond donors (Lipinski definition) is 3. The number of benzene rings is 2. The molecule has 2 saturated heterocycles. The van der Waals surface area contributed by atoms with Gasteiger partial charge in [0, 0.05) is 24.3 Å². The van der Waals surface area contributed by atoms with Crippen molar-refractivity contribution in [3.05, 3.63) is 59.4 Å². The first-order chi connectivity index (χ1) is 15.6. The van der Waals surface area contributed by atoms with Gasteiger partial charge in [0.2, 0.25) is 10.0 Å². The first-order valence-electron chi connectivity index (χ1n) is 10.0. The number of urea groups is 1. The summed E-state index contributed by atoms with van der Waals surface area (Å²) in [6.45, 7) is 2.11. The zero-order valence-electron chi connectivity index (χ0n) is 17.6. The molecule has 2 fully saturated rings. The van der Waals surface area contributed by atoms with E-state index < -0.39 is 44.1 Å². The highest BCUT2D eigenvalue weighted by Crippen LogP contribution is 2.27. The number of hydrogen-bond acceptors (Lipinski definition) is 6. The molecule has 0 saturated carbocycles. The van der Waals surface area contributed by atoms with Gasteiger partial charge in [0.25, 0.3) is 11.8 Å². The van der Waals surface area contributed by atoms with Crippen LogP contribution in [0.2, 0.25) is 0 Å². The molecule has 0 bridgehead atoms. The fraction of sp³-hybridized carbons (Fsp3) is 0.286. The highest BCUT2D eigenvalue weighted by Gasteiger charge is 2.43. The van der Waals surface area contributed by atoms with Gasteiger partial charge in [0.1, 0.15) is 16.3 Å². The zero-order chi connectivity index (χ0) is 23.8. The Hall–Kier alpha value is -3.35. The van der Waals surface area contributed by atoms with E-state index in [4.69, 9.17) is 4.74 Å². The molecule has 2 aliphatic rings. The predicted molar refractivity (Wildman–Crippen MR) is 114 cm³/mol. The second kappa shape index (κ2) is 8.54. The molecule has 10 nitrogen and oxygen atoms in total. The van der Waals surface area contributed by atoms with Crippen LogP contribution in [0.15, 0.2) is 47.4 Å². The van der Waals surface area contributed by atoms with Crippen LogP contribution in [0.1, 0.15) is 22.8 Å². The molecule has 0 aliphatic carbocycles. The Kier molecular flexibility index (Phi) is 5.91. The quantitative estimate of drug-likeness (QED) is 0.555. The largest absolute Gasteiger partial charge is 0.379 e. The lowest BCUT2D eigenvalue weighted by molar-refractivity contribution is -0.123. The third-order valence-electron chi connectivity index (χ3n) is 5.52. The fourth-order valence-corrected chi connectivity index (χ4v) is 5.12. The van der Waals surface area contributed by atoms with Crippen LogP contribution in [0.25, 0.3) is 0 Å². The first-order valence-corrected chi connectivity index (χ1v) is 11.5. The number of carbonyl (C=O) groups excluding carboxylic acids is 3. The van der Waals surface area contributed by atoms with E-state index in [2.05, 4.69) is 16.0 Å². The average molecular weight is 476 g/mol. The van der Waals surface area contributed by atoms with Crippen molar-refractivity contribution >= 4 is 33.6 Å². The van der Waals surface area contributed by atoms with Gasteiger partial charge in [0.05, 0.1) is 13.2 Å². The molecular formula is C21H21FN4O6S. The molecule has 2 heterocycles. The highest BCUT2D eigenvalue weighted by atomic mass is 32.2. The fourth-order valence-electron chi connectivity index (χ4n) is 3.63. The zero-order valence-corrected chi connectivity index (χ0v) is 18.4. The van der Waals surface area contributed by atoms with Crippen molar-refractivity contribution in [3.8, 4) is 0 Å². The number of anilines is 1. The van der Waals surface area contributed by atoms with E-state index in [0.29, 0.717) is 11.3 Å². The maximum atomic E-state index is 14.4. The Balaban J connectivity index is 1.58. The van der Waals surface area contributed by atoms with Crippen molar-refractivity contribution in [2.24, 2.45) is 0 Å². The molecule has 4 rings (SSSR count). The molecule has 12 heteroatoms. The summed E-state index contributed by atoms with van der Waals surface area (Å²) < 4.78 is 46.4. The lowest BCUT2D eigenvalue weighted by atomic mass is 9.92. The normalized spacial score (nSPS) is 21.4. The van der Waals surface area contributed by atoms with Gasteiger partial charge >= 0.3 is 6.03 Å². The Morgan fingerprint density at radius 1 is 1.15 bits per heavy atom. The summed E-state index contributed by atoms with van der Waals surface area (Å²) in [5.41, 5.74) is -0.646. The topological polar surface area (TPSA) is 134 Å². The molecule has 0 aromatic heterocycles. The Bertz CT molecular complexity index is 1250. The molecule has 2 aromatic carbocycles. The molecule has 1 atom stereocenters. The van der Waals surface area contributed by atoms with Crippen molar-refractivity contribution in [3.63, 3.8) is 0 Å². The van der Waals surface area contributed by atoms with E-state index in [1.807, 2.05) is 0 Å². The number of halogens is 1. The average Bonchev–Trinajstić information content (AvgIpc) is 3.06.